The SMILES string of the molecule is NC(=O)C1CCCCN1C(=O)c1ccc(COc2ccc(F)cc2)o1. The number of hydrogen-bond acceptors (Lipinski definition) is 4. The molecule has 25 heavy (non-hydrogen) atoms. The standard InChI is InChI=1S/C18H19FN2O4/c19-12-4-6-13(7-5-12)24-11-14-8-9-16(25-14)18(23)21-10-2-1-3-15(21)17(20)22/h4-9,15H,1-3,10-11H2,(H2,20,22). The largest absolute Gasteiger partial charge is 0.486 e. The third-order valence-electron chi connectivity index (χ3n) is 4.16. The minimum Gasteiger partial charge on any atom is -0.486 e. The number of nitrogens with two attached hydrogens (primary N) is 1. The Hall–Kier alpha value is -2.83. The highest BCUT2D eigenvalue weighted by Gasteiger charge is 2.32. The summed E-state index contributed by atoms with van der Waals surface area (Å²) < 4.78 is 23.9. The summed E-state index contributed by atoms with van der Waals surface area (Å²) in [6, 6.07) is 8.22. The Morgan fingerprint density at radius 3 is 2.68 bits per heavy atom. The maximum atomic E-state index is 12.9. The zero-order chi connectivity index (χ0) is 17.8. The first-order valence-corrected chi connectivity index (χ1v) is 8.12. The summed E-state index contributed by atoms with van der Waals surface area (Å²) in [6.45, 7) is 0.590. The van der Waals surface area contributed by atoms with Crippen LogP contribution in [0.25, 0.3) is 0 Å². The van der Waals surface area contributed by atoms with Crippen LogP contribution in [0, 0.1) is 5.82 Å². The Balaban J connectivity index is 1.64. The molecule has 1 aliphatic heterocycles. The van der Waals surface area contributed by atoms with E-state index in [-0.39, 0.29) is 24.1 Å². The van der Waals surface area contributed by atoms with Gasteiger partial charge in [0.15, 0.2) is 5.76 Å². The Kier molecular flexibility index (Phi) is 5.02. The molecule has 0 saturated carbocycles. The van der Waals surface area contributed by atoms with E-state index in [0.717, 1.165) is 12.8 Å². The van der Waals surface area contributed by atoms with Crippen LogP contribution < -0.4 is 10.5 Å². The number of carbonyl (C=O) groups excluding carboxylic acids is 2. The first-order valence-electron chi connectivity index (χ1n) is 8.12. The zero-order valence-corrected chi connectivity index (χ0v) is 13.6. The molecule has 0 radical (unpaired) electrons. The predicted molar refractivity (Wildman–Crippen MR) is 87.3 cm³/mol. The van der Waals surface area contributed by atoms with Crippen molar-refractivity contribution in [3.63, 3.8) is 0 Å². The molecule has 3 rings (SSSR count). The number of carbonyl (C=O) groups is 2. The van der Waals surface area contributed by atoms with Gasteiger partial charge in [-0.15, -0.1) is 0 Å². The summed E-state index contributed by atoms with van der Waals surface area (Å²) in [5.41, 5.74) is 5.39. The van der Waals surface area contributed by atoms with E-state index < -0.39 is 11.9 Å². The van der Waals surface area contributed by atoms with E-state index in [9.17, 15) is 14.0 Å². The van der Waals surface area contributed by atoms with Crippen molar-refractivity contribution in [3.8, 4) is 5.75 Å². The number of halogens is 1. The number of primary amides is 1. The third kappa shape index (κ3) is 3.99. The second-order valence-corrected chi connectivity index (χ2v) is 5.92. The lowest BCUT2D eigenvalue weighted by Gasteiger charge is -2.32. The van der Waals surface area contributed by atoms with Gasteiger partial charge in [-0.3, -0.25) is 9.59 Å². The van der Waals surface area contributed by atoms with Gasteiger partial charge in [-0.05, 0) is 55.7 Å². The number of likely N-dealkylation sites (tertiary alicyclic amines) is 1. The lowest BCUT2D eigenvalue weighted by Crippen LogP contribution is -2.50. The van der Waals surface area contributed by atoms with Crippen molar-refractivity contribution in [3.05, 3.63) is 53.7 Å². The summed E-state index contributed by atoms with van der Waals surface area (Å²) in [5, 5.41) is 0. The predicted octanol–water partition coefficient (Wildman–Crippen LogP) is 2.48. The van der Waals surface area contributed by atoms with Crippen molar-refractivity contribution in [1.82, 2.24) is 4.90 Å². The van der Waals surface area contributed by atoms with E-state index in [2.05, 4.69) is 0 Å². The minimum atomic E-state index is -0.592. The average molecular weight is 346 g/mol. The Morgan fingerprint density at radius 2 is 1.96 bits per heavy atom. The smallest absolute Gasteiger partial charge is 0.290 e. The molecule has 1 aromatic heterocycles. The third-order valence-corrected chi connectivity index (χ3v) is 4.16. The molecule has 1 fully saturated rings. The number of hydrogen-bond donors (Lipinski definition) is 1. The monoisotopic (exact) mass is 346 g/mol. The van der Waals surface area contributed by atoms with E-state index >= 15 is 0 Å². The van der Waals surface area contributed by atoms with Gasteiger partial charge < -0.3 is 19.8 Å². The minimum absolute atomic E-state index is 0.109. The number of amides is 2. The van der Waals surface area contributed by atoms with Crippen LogP contribution in [0.5, 0.6) is 5.75 Å². The van der Waals surface area contributed by atoms with Crippen molar-refractivity contribution in [2.24, 2.45) is 5.73 Å². The van der Waals surface area contributed by atoms with Gasteiger partial charge in [0.1, 0.15) is 30.0 Å². The van der Waals surface area contributed by atoms with Gasteiger partial charge in [0, 0.05) is 6.54 Å². The molecule has 2 heterocycles. The van der Waals surface area contributed by atoms with Gasteiger partial charge >= 0.3 is 0 Å². The van der Waals surface area contributed by atoms with E-state index in [1.54, 1.807) is 12.1 Å². The highest BCUT2D eigenvalue weighted by atomic mass is 19.1. The highest BCUT2D eigenvalue weighted by molar-refractivity contribution is 5.95. The van der Waals surface area contributed by atoms with Crippen molar-refractivity contribution < 1.29 is 23.1 Å². The molecule has 2 amide bonds. The fraction of sp³-hybridized carbons (Fsp3) is 0.333. The van der Waals surface area contributed by atoms with Gasteiger partial charge in [-0.1, -0.05) is 0 Å². The van der Waals surface area contributed by atoms with Gasteiger partial charge in [0.05, 0.1) is 0 Å². The van der Waals surface area contributed by atoms with Crippen LogP contribution in [0.2, 0.25) is 0 Å². The Labute approximate surface area is 144 Å². The summed E-state index contributed by atoms with van der Waals surface area (Å²) in [4.78, 5) is 25.6. The van der Waals surface area contributed by atoms with Crippen molar-refractivity contribution in [2.45, 2.75) is 31.9 Å². The lowest BCUT2D eigenvalue weighted by atomic mass is 10.0. The molecule has 1 saturated heterocycles. The number of furan rings is 1. The molecular formula is C18H19FN2O4. The molecule has 132 valence electrons. The fourth-order valence-electron chi connectivity index (χ4n) is 2.87. The van der Waals surface area contributed by atoms with Crippen LogP contribution in [-0.4, -0.2) is 29.3 Å². The molecule has 2 aromatic rings. The fourth-order valence-corrected chi connectivity index (χ4v) is 2.87. The van der Waals surface area contributed by atoms with Crippen LogP contribution in [0.3, 0.4) is 0 Å². The quantitative estimate of drug-likeness (QED) is 0.901. The number of ether oxygens (including phenoxy) is 1. The van der Waals surface area contributed by atoms with Crippen LogP contribution in [-0.2, 0) is 11.4 Å². The summed E-state index contributed by atoms with van der Waals surface area (Å²) in [7, 11) is 0. The normalized spacial score (nSPS) is 17.3. The maximum absolute atomic E-state index is 12.9. The Morgan fingerprint density at radius 1 is 1.20 bits per heavy atom. The molecule has 0 bridgehead atoms. The summed E-state index contributed by atoms with van der Waals surface area (Å²) in [5.74, 6) is -0.0959. The average Bonchev–Trinajstić information content (AvgIpc) is 3.09. The topological polar surface area (TPSA) is 85.8 Å². The second-order valence-electron chi connectivity index (χ2n) is 5.92. The van der Waals surface area contributed by atoms with Crippen LogP contribution in [0.4, 0.5) is 4.39 Å². The highest BCUT2D eigenvalue weighted by Crippen LogP contribution is 2.21. The van der Waals surface area contributed by atoms with Crippen LogP contribution in [0.15, 0.2) is 40.8 Å². The first kappa shape index (κ1) is 17.0. The number of nitrogens with zero attached hydrogens (tertiary/aromatic N) is 1. The van der Waals surface area contributed by atoms with Crippen molar-refractivity contribution in [1.29, 1.82) is 0 Å². The molecule has 0 aliphatic carbocycles. The van der Waals surface area contributed by atoms with Crippen molar-refractivity contribution in [2.75, 3.05) is 6.54 Å². The molecule has 6 nitrogen and oxygen atoms in total. The molecule has 0 spiro atoms. The van der Waals surface area contributed by atoms with Gasteiger partial charge in [0.2, 0.25) is 5.91 Å². The summed E-state index contributed by atoms with van der Waals surface area (Å²) >= 11 is 0. The maximum Gasteiger partial charge on any atom is 0.290 e. The van der Waals surface area contributed by atoms with Crippen molar-refractivity contribution >= 4 is 11.8 Å². The zero-order valence-electron chi connectivity index (χ0n) is 13.6. The Bertz CT molecular complexity index is 757. The lowest BCUT2D eigenvalue weighted by molar-refractivity contribution is -0.123. The number of benzene rings is 1. The van der Waals surface area contributed by atoms with Crippen LogP contribution >= 0.6 is 0 Å². The van der Waals surface area contributed by atoms with E-state index in [1.165, 1.54) is 29.2 Å². The first-order chi connectivity index (χ1) is 12.0. The van der Waals surface area contributed by atoms with E-state index in [1.807, 2.05) is 0 Å². The number of rotatable bonds is 5. The van der Waals surface area contributed by atoms with Gasteiger partial charge in [-0.25, -0.2) is 4.39 Å². The molecular weight excluding hydrogens is 327 g/mol. The van der Waals surface area contributed by atoms with E-state index in [0.29, 0.717) is 24.5 Å². The summed E-state index contributed by atoms with van der Waals surface area (Å²) in [6.07, 6.45) is 2.27. The molecule has 1 atom stereocenters. The molecule has 7 heteroatoms. The van der Waals surface area contributed by atoms with Gasteiger partial charge in [-0.2, -0.15) is 0 Å². The second kappa shape index (κ2) is 7.38. The molecule has 1 aliphatic rings. The number of piperidine rings is 1. The van der Waals surface area contributed by atoms with E-state index in [4.69, 9.17) is 14.9 Å². The van der Waals surface area contributed by atoms with Crippen LogP contribution in [0.1, 0.15) is 35.6 Å². The molecule has 2 N–H and O–H groups in total. The van der Waals surface area contributed by atoms with Gasteiger partial charge in [0.25, 0.3) is 5.91 Å². The molecule has 1 aromatic carbocycles. The molecule has 1 unspecified atom stereocenters.